The Morgan fingerprint density at radius 3 is 2.59 bits per heavy atom. The van der Waals surface area contributed by atoms with E-state index < -0.39 is 11.8 Å². The van der Waals surface area contributed by atoms with Crippen molar-refractivity contribution < 1.29 is 18.7 Å². The van der Waals surface area contributed by atoms with Crippen molar-refractivity contribution in [3.05, 3.63) is 29.1 Å². The number of esters is 1. The fourth-order valence-corrected chi connectivity index (χ4v) is 1.27. The van der Waals surface area contributed by atoms with Gasteiger partial charge in [-0.1, -0.05) is 0 Å². The Bertz CT molecular complexity index is 477. The van der Waals surface area contributed by atoms with Crippen LogP contribution in [-0.4, -0.2) is 19.2 Å². The quantitative estimate of drug-likeness (QED) is 0.756. The predicted molar refractivity (Wildman–Crippen MR) is 58.2 cm³/mol. The van der Waals surface area contributed by atoms with Crippen LogP contribution in [0.3, 0.4) is 0 Å². The molecule has 0 atom stereocenters. The Balaban J connectivity index is 3.27. The number of methoxy groups -OCH3 is 1. The number of halogens is 1. The summed E-state index contributed by atoms with van der Waals surface area (Å²) < 4.78 is 23.3. The number of carbonyl (C=O) groups is 1. The van der Waals surface area contributed by atoms with Gasteiger partial charge in [0.1, 0.15) is 6.07 Å². The first kappa shape index (κ1) is 13.0. The van der Waals surface area contributed by atoms with E-state index in [1.54, 1.807) is 19.9 Å². The van der Waals surface area contributed by atoms with Gasteiger partial charge in [-0.2, -0.15) is 5.26 Å². The Kier molecular flexibility index (Phi) is 4.05. The van der Waals surface area contributed by atoms with Gasteiger partial charge in [0.25, 0.3) is 0 Å². The highest BCUT2D eigenvalue weighted by Crippen LogP contribution is 2.25. The third-order valence-corrected chi connectivity index (χ3v) is 1.94. The third-order valence-electron chi connectivity index (χ3n) is 1.94. The van der Waals surface area contributed by atoms with Crippen molar-refractivity contribution in [2.45, 2.75) is 20.0 Å². The standard InChI is InChI=1S/C12H12FNO3/c1-7(2)17-11-9(6-14)4-8(5-10(11)13)12(15)16-3/h4-5,7H,1-3H3. The lowest BCUT2D eigenvalue weighted by atomic mass is 10.1. The molecule has 0 saturated carbocycles. The van der Waals surface area contributed by atoms with Gasteiger partial charge in [0.05, 0.1) is 24.3 Å². The van der Waals surface area contributed by atoms with Gasteiger partial charge in [-0.25, -0.2) is 9.18 Å². The average Bonchev–Trinajstić information content (AvgIpc) is 2.29. The molecule has 1 aromatic carbocycles. The first-order valence-electron chi connectivity index (χ1n) is 4.98. The highest BCUT2D eigenvalue weighted by atomic mass is 19.1. The zero-order valence-electron chi connectivity index (χ0n) is 9.78. The van der Waals surface area contributed by atoms with Gasteiger partial charge in [0.15, 0.2) is 11.6 Å². The number of hydrogen-bond acceptors (Lipinski definition) is 4. The molecule has 0 aliphatic heterocycles. The summed E-state index contributed by atoms with van der Waals surface area (Å²) in [5, 5.41) is 8.89. The highest BCUT2D eigenvalue weighted by Gasteiger charge is 2.17. The summed E-state index contributed by atoms with van der Waals surface area (Å²) in [5.41, 5.74) is -0.0447. The van der Waals surface area contributed by atoms with Crippen LogP contribution >= 0.6 is 0 Å². The molecule has 0 fully saturated rings. The summed E-state index contributed by atoms with van der Waals surface area (Å²) in [6.45, 7) is 3.43. The summed E-state index contributed by atoms with van der Waals surface area (Å²) in [5.74, 6) is -1.59. The summed E-state index contributed by atoms with van der Waals surface area (Å²) in [6.07, 6.45) is -0.263. The van der Waals surface area contributed by atoms with E-state index in [9.17, 15) is 9.18 Å². The molecule has 1 aromatic rings. The molecule has 90 valence electrons. The largest absolute Gasteiger partial charge is 0.487 e. The number of nitrogens with zero attached hydrogens (tertiary/aromatic N) is 1. The number of benzene rings is 1. The molecule has 0 unspecified atom stereocenters. The van der Waals surface area contributed by atoms with Gasteiger partial charge in [-0.3, -0.25) is 0 Å². The van der Waals surface area contributed by atoms with E-state index in [1.165, 1.54) is 13.2 Å². The molecule has 0 aromatic heterocycles. The summed E-state index contributed by atoms with van der Waals surface area (Å²) in [4.78, 5) is 11.2. The van der Waals surface area contributed by atoms with Gasteiger partial charge in [-0.05, 0) is 26.0 Å². The zero-order valence-corrected chi connectivity index (χ0v) is 9.78. The molecular formula is C12H12FNO3. The summed E-state index contributed by atoms with van der Waals surface area (Å²) >= 11 is 0. The number of nitriles is 1. The molecule has 4 nitrogen and oxygen atoms in total. The van der Waals surface area contributed by atoms with E-state index in [-0.39, 0.29) is 23.0 Å². The molecule has 5 heteroatoms. The fourth-order valence-electron chi connectivity index (χ4n) is 1.27. The summed E-state index contributed by atoms with van der Waals surface area (Å²) in [7, 11) is 1.19. The highest BCUT2D eigenvalue weighted by molar-refractivity contribution is 5.90. The van der Waals surface area contributed by atoms with Crippen LogP contribution in [0.25, 0.3) is 0 Å². The second-order valence-corrected chi connectivity index (χ2v) is 3.60. The lowest BCUT2D eigenvalue weighted by molar-refractivity contribution is 0.0600. The van der Waals surface area contributed by atoms with E-state index in [4.69, 9.17) is 10.00 Å². The van der Waals surface area contributed by atoms with Crippen molar-refractivity contribution >= 4 is 5.97 Å². The Hall–Kier alpha value is -2.09. The Morgan fingerprint density at radius 2 is 2.12 bits per heavy atom. The van der Waals surface area contributed by atoms with Crippen LogP contribution in [0.15, 0.2) is 12.1 Å². The van der Waals surface area contributed by atoms with E-state index in [0.717, 1.165) is 6.07 Å². The van der Waals surface area contributed by atoms with Crippen LogP contribution in [0.2, 0.25) is 0 Å². The molecule has 0 spiro atoms. The molecule has 0 bridgehead atoms. The maximum atomic E-state index is 13.7. The van der Waals surface area contributed by atoms with E-state index in [1.807, 2.05) is 0 Å². The zero-order chi connectivity index (χ0) is 13.0. The van der Waals surface area contributed by atoms with Crippen LogP contribution in [0.4, 0.5) is 4.39 Å². The lowest BCUT2D eigenvalue weighted by Gasteiger charge is -2.12. The molecule has 0 N–H and O–H groups in total. The third kappa shape index (κ3) is 2.94. The number of ether oxygens (including phenoxy) is 2. The summed E-state index contributed by atoms with van der Waals surface area (Å²) in [6, 6.07) is 4.02. The van der Waals surface area contributed by atoms with Crippen molar-refractivity contribution in [1.29, 1.82) is 5.26 Å². The monoisotopic (exact) mass is 237 g/mol. The topological polar surface area (TPSA) is 59.3 Å². The normalized spacial score (nSPS) is 9.88. The molecule has 0 heterocycles. The molecular weight excluding hydrogens is 225 g/mol. The second kappa shape index (κ2) is 5.30. The minimum Gasteiger partial charge on any atom is -0.487 e. The molecule has 1 rings (SSSR count). The minimum atomic E-state index is -0.752. The van der Waals surface area contributed by atoms with Crippen molar-refractivity contribution in [3.63, 3.8) is 0 Å². The first-order chi connectivity index (χ1) is 7.99. The van der Waals surface area contributed by atoms with Crippen LogP contribution in [0.5, 0.6) is 5.75 Å². The van der Waals surface area contributed by atoms with Crippen molar-refractivity contribution in [2.75, 3.05) is 7.11 Å². The van der Waals surface area contributed by atoms with Gasteiger partial charge in [0, 0.05) is 0 Å². The van der Waals surface area contributed by atoms with Gasteiger partial charge in [0.2, 0.25) is 0 Å². The second-order valence-electron chi connectivity index (χ2n) is 3.60. The number of carbonyl (C=O) groups excluding carboxylic acids is 1. The van der Waals surface area contributed by atoms with Crippen molar-refractivity contribution in [1.82, 2.24) is 0 Å². The predicted octanol–water partition coefficient (Wildman–Crippen LogP) is 2.27. The Labute approximate surface area is 98.6 Å². The number of hydrogen-bond donors (Lipinski definition) is 0. The molecule has 0 radical (unpaired) electrons. The molecule has 0 aliphatic carbocycles. The lowest BCUT2D eigenvalue weighted by Crippen LogP contribution is -2.10. The minimum absolute atomic E-state index is 0.0161. The molecule has 0 saturated heterocycles. The van der Waals surface area contributed by atoms with Crippen LogP contribution in [0.1, 0.15) is 29.8 Å². The Morgan fingerprint density at radius 1 is 1.47 bits per heavy atom. The van der Waals surface area contributed by atoms with Gasteiger partial charge in [-0.15, -0.1) is 0 Å². The van der Waals surface area contributed by atoms with Gasteiger partial charge < -0.3 is 9.47 Å². The van der Waals surface area contributed by atoms with Crippen LogP contribution < -0.4 is 4.74 Å². The van der Waals surface area contributed by atoms with Crippen molar-refractivity contribution in [2.24, 2.45) is 0 Å². The molecule has 0 aliphatic rings. The van der Waals surface area contributed by atoms with Gasteiger partial charge >= 0.3 is 5.97 Å². The smallest absolute Gasteiger partial charge is 0.337 e. The number of rotatable bonds is 3. The van der Waals surface area contributed by atoms with E-state index in [2.05, 4.69) is 4.74 Å². The SMILES string of the molecule is COC(=O)c1cc(F)c(OC(C)C)c(C#N)c1. The van der Waals surface area contributed by atoms with E-state index in [0.29, 0.717) is 0 Å². The fraction of sp³-hybridized carbons (Fsp3) is 0.333. The molecule has 0 amide bonds. The average molecular weight is 237 g/mol. The van der Waals surface area contributed by atoms with Crippen LogP contribution in [-0.2, 0) is 4.74 Å². The van der Waals surface area contributed by atoms with Crippen LogP contribution in [0, 0.1) is 17.1 Å². The molecule has 17 heavy (non-hydrogen) atoms. The van der Waals surface area contributed by atoms with Crippen molar-refractivity contribution in [3.8, 4) is 11.8 Å². The maximum Gasteiger partial charge on any atom is 0.337 e. The van der Waals surface area contributed by atoms with E-state index >= 15 is 0 Å². The first-order valence-corrected chi connectivity index (χ1v) is 4.98. The maximum absolute atomic E-state index is 13.7.